The van der Waals surface area contributed by atoms with Gasteiger partial charge in [0, 0.05) is 0 Å². The molecule has 0 aliphatic heterocycles. The van der Waals surface area contributed by atoms with E-state index in [2.05, 4.69) is 15.9 Å². The fraction of sp³-hybridized carbons (Fsp3) is 0.250. The molecule has 2 aromatic carbocycles. The van der Waals surface area contributed by atoms with Crippen LogP contribution in [0.15, 0.2) is 53.0 Å². The lowest BCUT2D eigenvalue weighted by atomic mass is 10.0. The first-order chi connectivity index (χ1) is 9.18. The first-order valence-electron chi connectivity index (χ1n) is 6.30. The second-order valence-electron chi connectivity index (χ2n) is 4.48. The van der Waals surface area contributed by atoms with Crippen LogP contribution in [0, 0.1) is 5.82 Å². The van der Waals surface area contributed by atoms with Gasteiger partial charge in [0.1, 0.15) is 5.82 Å². The van der Waals surface area contributed by atoms with Gasteiger partial charge in [-0.05, 0) is 52.4 Å². The van der Waals surface area contributed by atoms with Crippen molar-refractivity contribution in [1.29, 1.82) is 0 Å². The molecule has 0 aliphatic carbocycles. The number of benzene rings is 2. The molecule has 0 saturated carbocycles. The average Bonchev–Trinajstić information content (AvgIpc) is 2.44. The number of hydrogen-bond acceptors (Lipinski definition) is 0. The number of alkyl halides is 1. The Bertz CT molecular complexity index is 528. The maximum Gasteiger partial charge on any atom is 0.137 e. The third-order valence-corrected chi connectivity index (χ3v) is 4.45. The summed E-state index contributed by atoms with van der Waals surface area (Å²) in [5.74, 6) is -0.206. The summed E-state index contributed by atoms with van der Waals surface area (Å²) in [6.07, 6.45) is 2.65. The van der Waals surface area contributed by atoms with Gasteiger partial charge in [-0.2, -0.15) is 0 Å². The Morgan fingerprint density at radius 3 is 2.53 bits per heavy atom. The lowest BCUT2D eigenvalue weighted by Gasteiger charge is -2.10. The van der Waals surface area contributed by atoms with Crippen LogP contribution in [-0.2, 0) is 6.42 Å². The minimum absolute atomic E-state index is 0.0218. The molecule has 0 aliphatic rings. The summed E-state index contributed by atoms with van der Waals surface area (Å²) < 4.78 is 13.9. The van der Waals surface area contributed by atoms with Crippen LogP contribution in [0.1, 0.15) is 29.3 Å². The fourth-order valence-corrected chi connectivity index (χ4v) is 2.80. The van der Waals surface area contributed by atoms with Crippen LogP contribution in [0.4, 0.5) is 4.39 Å². The van der Waals surface area contributed by atoms with Gasteiger partial charge < -0.3 is 0 Å². The van der Waals surface area contributed by atoms with E-state index in [0.717, 1.165) is 30.4 Å². The summed E-state index contributed by atoms with van der Waals surface area (Å²) in [6, 6.07) is 15.2. The van der Waals surface area contributed by atoms with Crippen molar-refractivity contribution < 1.29 is 4.39 Å². The largest absolute Gasteiger partial charge is 0.206 e. The number of halogens is 3. The second kappa shape index (κ2) is 7.06. The molecular weight excluding hydrogens is 327 g/mol. The van der Waals surface area contributed by atoms with Gasteiger partial charge in [-0.3, -0.25) is 0 Å². The van der Waals surface area contributed by atoms with Gasteiger partial charge in [0.2, 0.25) is 0 Å². The summed E-state index contributed by atoms with van der Waals surface area (Å²) in [5, 5.41) is 0.0218. The molecule has 0 heterocycles. The number of hydrogen-bond donors (Lipinski definition) is 0. The predicted octanol–water partition coefficient (Wildman–Crippen LogP) is 5.89. The van der Waals surface area contributed by atoms with E-state index in [1.54, 1.807) is 6.07 Å². The lowest BCUT2D eigenvalue weighted by Crippen LogP contribution is -1.94. The third kappa shape index (κ3) is 4.05. The Kier molecular flexibility index (Phi) is 5.41. The summed E-state index contributed by atoms with van der Waals surface area (Å²) in [6.45, 7) is 0. The minimum Gasteiger partial charge on any atom is -0.206 e. The van der Waals surface area contributed by atoms with E-state index in [0.29, 0.717) is 4.47 Å². The first kappa shape index (κ1) is 14.5. The number of aryl methyl sites for hydroxylation is 1. The van der Waals surface area contributed by atoms with E-state index in [-0.39, 0.29) is 11.2 Å². The molecule has 19 heavy (non-hydrogen) atoms. The van der Waals surface area contributed by atoms with E-state index >= 15 is 0 Å². The highest BCUT2D eigenvalue weighted by Gasteiger charge is 2.09. The summed E-state index contributed by atoms with van der Waals surface area (Å²) in [7, 11) is 0. The first-order valence-corrected chi connectivity index (χ1v) is 7.53. The monoisotopic (exact) mass is 340 g/mol. The maximum atomic E-state index is 13.4. The van der Waals surface area contributed by atoms with Gasteiger partial charge >= 0.3 is 0 Å². The van der Waals surface area contributed by atoms with Crippen molar-refractivity contribution in [2.24, 2.45) is 0 Å². The SMILES string of the molecule is Fc1cccc(CCCC(Cl)c2ccccc2)c1Br. The van der Waals surface area contributed by atoms with Crippen molar-refractivity contribution in [3.8, 4) is 0 Å². The van der Waals surface area contributed by atoms with Crippen molar-refractivity contribution in [2.75, 3.05) is 0 Å². The lowest BCUT2D eigenvalue weighted by molar-refractivity contribution is 0.615. The minimum atomic E-state index is -0.206. The highest BCUT2D eigenvalue weighted by molar-refractivity contribution is 9.10. The van der Waals surface area contributed by atoms with E-state index in [9.17, 15) is 4.39 Å². The molecule has 2 rings (SSSR count). The standard InChI is InChI=1S/C16H15BrClF/c17-16-13(9-5-11-15(16)19)8-4-10-14(18)12-6-2-1-3-7-12/h1-3,5-7,9,11,14H,4,8,10H2. The zero-order chi connectivity index (χ0) is 13.7. The van der Waals surface area contributed by atoms with Crippen LogP contribution in [0.3, 0.4) is 0 Å². The molecule has 0 saturated heterocycles. The van der Waals surface area contributed by atoms with Gasteiger partial charge in [0.05, 0.1) is 9.85 Å². The molecule has 2 aromatic rings. The van der Waals surface area contributed by atoms with E-state index < -0.39 is 0 Å². The van der Waals surface area contributed by atoms with Crippen molar-refractivity contribution >= 4 is 27.5 Å². The van der Waals surface area contributed by atoms with Crippen molar-refractivity contribution in [2.45, 2.75) is 24.6 Å². The van der Waals surface area contributed by atoms with Gasteiger partial charge in [0.25, 0.3) is 0 Å². The van der Waals surface area contributed by atoms with E-state index in [1.165, 1.54) is 6.07 Å². The molecule has 0 amide bonds. The van der Waals surface area contributed by atoms with Crippen molar-refractivity contribution in [3.63, 3.8) is 0 Å². The molecule has 3 heteroatoms. The van der Waals surface area contributed by atoms with Crippen LogP contribution in [-0.4, -0.2) is 0 Å². The van der Waals surface area contributed by atoms with Crippen LogP contribution in [0.2, 0.25) is 0 Å². The van der Waals surface area contributed by atoms with Crippen LogP contribution < -0.4 is 0 Å². The summed E-state index contributed by atoms with van der Waals surface area (Å²) >= 11 is 9.64. The second-order valence-corrected chi connectivity index (χ2v) is 5.80. The zero-order valence-electron chi connectivity index (χ0n) is 10.5. The Morgan fingerprint density at radius 1 is 1.05 bits per heavy atom. The maximum absolute atomic E-state index is 13.4. The quantitative estimate of drug-likeness (QED) is 0.595. The highest BCUT2D eigenvalue weighted by Crippen LogP contribution is 2.27. The highest BCUT2D eigenvalue weighted by atomic mass is 79.9. The Labute approximate surface area is 126 Å². The number of rotatable bonds is 5. The fourth-order valence-electron chi connectivity index (χ4n) is 2.04. The summed E-state index contributed by atoms with van der Waals surface area (Å²) in [5.41, 5.74) is 2.14. The Hall–Kier alpha value is -0.860. The third-order valence-electron chi connectivity index (χ3n) is 3.10. The Morgan fingerprint density at radius 2 is 1.79 bits per heavy atom. The van der Waals surface area contributed by atoms with Crippen molar-refractivity contribution in [3.05, 3.63) is 69.9 Å². The molecule has 0 bridgehead atoms. The van der Waals surface area contributed by atoms with Crippen LogP contribution in [0.5, 0.6) is 0 Å². The molecule has 0 radical (unpaired) electrons. The van der Waals surface area contributed by atoms with Gasteiger partial charge in [-0.1, -0.05) is 42.5 Å². The summed E-state index contributed by atoms with van der Waals surface area (Å²) in [4.78, 5) is 0. The van der Waals surface area contributed by atoms with Gasteiger partial charge in [-0.25, -0.2) is 4.39 Å². The normalized spacial score (nSPS) is 12.4. The topological polar surface area (TPSA) is 0 Å². The molecule has 0 spiro atoms. The molecular formula is C16H15BrClF. The van der Waals surface area contributed by atoms with E-state index in [1.807, 2.05) is 36.4 Å². The van der Waals surface area contributed by atoms with Crippen molar-refractivity contribution in [1.82, 2.24) is 0 Å². The van der Waals surface area contributed by atoms with Gasteiger partial charge in [-0.15, -0.1) is 11.6 Å². The molecule has 0 nitrogen and oxygen atoms in total. The Balaban J connectivity index is 1.88. The smallest absolute Gasteiger partial charge is 0.137 e. The van der Waals surface area contributed by atoms with Crippen LogP contribution >= 0.6 is 27.5 Å². The molecule has 0 N–H and O–H groups in total. The van der Waals surface area contributed by atoms with E-state index in [4.69, 9.17) is 11.6 Å². The molecule has 1 atom stereocenters. The predicted molar refractivity (Wildman–Crippen MR) is 82.1 cm³/mol. The molecule has 100 valence electrons. The molecule has 0 aromatic heterocycles. The van der Waals surface area contributed by atoms with Crippen LogP contribution in [0.25, 0.3) is 0 Å². The van der Waals surface area contributed by atoms with Gasteiger partial charge in [0.15, 0.2) is 0 Å². The molecule has 0 fully saturated rings. The average molecular weight is 342 g/mol. The molecule has 1 unspecified atom stereocenters. The zero-order valence-corrected chi connectivity index (χ0v) is 12.8.